The largest absolute Gasteiger partial charge is 1.00 e. The minimum absolute atomic E-state index is 0. The number of carboxylic acid groups (broad SMARTS) is 2. The van der Waals surface area contributed by atoms with Gasteiger partial charge in [-0.25, -0.2) is 4.79 Å². The van der Waals surface area contributed by atoms with E-state index in [-0.39, 0.29) is 68.0 Å². The maximum atomic E-state index is 10.4. The predicted molar refractivity (Wildman–Crippen MR) is 65.6 cm³/mol. The molecule has 0 spiro atoms. The number of rotatable bonds is 2. The molecule has 0 fully saturated rings. The van der Waals surface area contributed by atoms with E-state index in [0.717, 1.165) is 6.07 Å². The van der Waals surface area contributed by atoms with Gasteiger partial charge in [0.25, 0.3) is 0 Å². The smallest absolute Gasteiger partial charge is 0.545 e. The Hall–Kier alpha value is -1.09. The Morgan fingerprint density at radius 2 is 1.55 bits per heavy atom. The van der Waals surface area contributed by atoms with Gasteiger partial charge in [0.2, 0.25) is 0 Å². The van der Waals surface area contributed by atoms with Crippen LogP contribution in [0.2, 0.25) is 0 Å². The summed E-state index contributed by atoms with van der Waals surface area (Å²) in [6.45, 7) is 0. The van der Waals surface area contributed by atoms with Gasteiger partial charge in [0, 0.05) is 12.4 Å². The third-order valence-electron chi connectivity index (χ3n) is 1.91. The minimum atomic E-state index is -1.38. The molecule has 1 aromatic carbocycles. The van der Waals surface area contributed by atoms with E-state index in [2.05, 4.69) is 4.98 Å². The van der Waals surface area contributed by atoms with Crippen LogP contribution in [0.25, 0.3) is 0 Å². The predicted octanol–water partition coefficient (Wildman–Crippen LogP) is -2.99. The monoisotopic (exact) mass is 301 g/mol. The van der Waals surface area contributed by atoms with Gasteiger partial charge in [-0.2, -0.15) is 0 Å². The van der Waals surface area contributed by atoms with Crippen LogP contribution in [0.3, 0.4) is 0 Å². The summed E-state index contributed by atoms with van der Waals surface area (Å²) in [5.41, 5.74) is -0.188. The summed E-state index contributed by atoms with van der Waals surface area (Å²) < 4.78 is 0. The first-order valence-corrected chi connectivity index (χ1v) is 5.01. The van der Waals surface area contributed by atoms with Crippen LogP contribution >= 0.6 is 0 Å². The number of aromatic carboxylic acids is 2. The van der Waals surface area contributed by atoms with E-state index in [1.165, 1.54) is 18.2 Å². The molecule has 0 bridgehead atoms. The summed E-state index contributed by atoms with van der Waals surface area (Å²) in [5, 5.41) is 18.7. The maximum Gasteiger partial charge on any atom is 1.00 e. The number of hydrogen-bond donors (Lipinski definition) is 1. The average Bonchev–Trinajstić information content (AvgIpc) is 2.41. The fraction of sp³-hybridized carbons (Fsp3) is 0. The van der Waals surface area contributed by atoms with Crippen LogP contribution < -0.4 is 56.5 Å². The standard InChI is InChI=1S/C8H6O4.C5H5N.K.H2O/c9-7(10)5-2-1-3-6(4-5)8(11)12;1-2-4-6-5-3-1;;/h1-4H,(H,9,10)(H,11,12);1-5H;;1H2/q;;+1;/p-1. The number of pyridine rings is 1. The Labute approximate surface area is 158 Å². The van der Waals surface area contributed by atoms with Crippen LogP contribution in [0.1, 0.15) is 20.7 Å². The Morgan fingerprint density at radius 3 is 1.90 bits per heavy atom. The second-order valence-corrected chi connectivity index (χ2v) is 3.20. The summed E-state index contributed by atoms with van der Waals surface area (Å²) >= 11 is 0. The van der Waals surface area contributed by atoms with Crippen molar-refractivity contribution in [1.82, 2.24) is 4.98 Å². The van der Waals surface area contributed by atoms with Crippen molar-refractivity contribution in [2.45, 2.75) is 0 Å². The molecule has 100 valence electrons. The molecule has 0 amide bonds. The zero-order chi connectivity index (χ0) is 13.4. The summed E-state index contributed by atoms with van der Waals surface area (Å²) in [7, 11) is 0. The fourth-order valence-corrected chi connectivity index (χ4v) is 1.09. The van der Waals surface area contributed by atoms with Crippen LogP contribution in [0.5, 0.6) is 0 Å². The number of benzene rings is 1. The van der Waals surface area contributed by atoms with Gasteiger partial charge < -0.3 is 20.5 Å². The number of aromatic nitrogens is 1. The molecule has 7 heteroatoms. The SMILES string of the molecule is O.O=C([O-])c1cccc(C(=O)O)c1.[K+].c1ccncc1. The van der Waals surface area contributed by atoms with E-state index in [1.807, 2.05) is 18.2 Å². The first kappa shape index (κ1) is 21.2. The quantitative estimate of drug-likeness (QED) is 0.593. The van der Waals surface area contributed by atoms with Gasteiger partial charge in [-0.15, -0.1) is 0 Å². The van der Waals surface area contributed by atoms with Gasteiger partial charge in [-0.3, -0.25) is 4.98 Å². The van der Waals surface area contributed by atoms with Crippen LogP contribution in [0.4, 0.5) is 0 Å². The van der Waals surface area contributed by atoms with Crippen molar-refractivity contribution in [2.75, 3.05) is 0 Å². The molecule has 2 rings (SSSR count). The van der Waals surface area contributed by atoms with Crippen LogP contribution in [0.15, 0.2) is 54.9 Å². The molecule has 0 aliphatic heterocycles. The van der Waals surface area contributed by atoms with E-state index in [0.29, 0.717) is 0 Å². The zero-order valence-electron chi connectivity index (χ0n) is 10.8. The second kappa shape index (κ2) is 11.7. The van der Waals surface area contributed by atoms with Gasteiger partial charge in [0.15, 0.2) is 0 Å². The molecular weight excluding hydrogens is 289 g/mol. The number of nitrogens with zero attached hydrogens (tertiary/aromatic N) is 1. The van der Waals surface area contributed by atoms with Crippen molar-refractivity contribution < 1.29 is 76.7 Å². The van der Waals surface area contributed by atoms with Crippen molar-refractivity contribution in [2.24, 2.45) is 0 Å². The van der Waals surface area contributed by atoms with E-state index >= 15 is 0 Å². The molecule has 2 aromatic rings. The van der Waals surface area contributed by atoms with E-state index < -0.39 is 11.9 Å². The Morgan fingerprint density at radius 1 is 1.00 bits per heavy atom. The molecule has 1 heterocycles. The van der Waals surface area contributed by atoms with Crippen molar-refractivity contribution in [1.29, 1.82) is 0 Å². The van der Waals surface area contributed by atoms with Crippen molar-refractivity contribution in [3.05, 3.63) is 66.0 Å². The summed E-state index contributed by atoms with van der Waals surface area (Å²) in [4.78, 5) is 24.4. The third-order valence-corrected chi connectivity index (χ3v) is 1.91. The number of carboxylic acids is 2. The van der Waals surface area contributed by atoms with Gasteiger partial charge in [0.05, 0.1) is 11.5 Å². The minimum Gasteiger partial charge on any atom is -0.545 e. The summed E-state index contributed by atoms with van der Waals surface area (Å²) in [6, 6.07) is 10.7. The van der Waals surface area contributed by atoms with E-state index in [9.17, 15) is 14.7 Å². The first-order chi connectivity index (χ1) is 8.61. The Kier molecular flexibility index (Phi) is 12.4. The molecule has 0 saturated heterocycles. The fourth-order valence-electron chi connectivity index (χ4n) is 1.09. The Bertz CT molecular complexity index is 477. The maximum absolute atomic E-state index is 10.4. The molecule has 0 radical (unpaired) electrons. The van der Waals surface area contributed by atoms with E-state index in [4.69, 9.17) is 5.11 Å². The van der Waals surface area contributed by atoms with Gasteiger partial charge in [0.1, 0.15) is 0 Å². The molecule has 3 N–H and O–H groups in total. The van der Waals surface area contributed by atoms with E-state index in [1.54, 1.807) is 12.4 Å². The Balaban J connectivity index is 0. The van der Waals surface area contributed by atoms with Gasteiger partial charge in [-0.1, -0.05) is 18.2 Å². The molecule has 6 nitrogen and oxygen atoms in total. The molecular formula is C13H12KNO5. The number of carbonyl (C=O) groups is 2. The van der Waals surface area contributed by atoms with Crippen LogP contribution in [0, 0.1) is 0 Å². The molecule has 0 unspecified atom stereocenters. The molecule has 1 aromatic heterocycles. The summed E-state index contributed by atoms with van der Waals surface area (Å²) in [5.74, 6) is -2.53. The number of hydrogen-bond acceptors (Lipinski definition) is 4. The van der Waals surface area contributed by atoms with Crippen molar-refractivity contribution >= 4 is 11.9 Å². The van der Waals surface area contributed by atoms with Crippen LogP contribution in [-0.4, -0.2) is 27.5 Å². The molecule has 0 aliphatic carbocycles. The second-order valence-electron chi connectivity index (χ2n) is 3.20. The van der Waals surface area contributed by atoms with Gasteiger partial charge >= 0.3 is 57.4 Å². The topological polar surface area (TPSA) is 122 Å². The molecule has 0 saturated carbocycles. The van der Waals surface area contributed by atoms with Crippen LogP contribution in [-0.2, 0) is 0 Å². The van der Waals surface area contributed by atoms with Crippen molar-refractivity contribution in [3.8, 4) is 0 Å². The zero-order valence-corrected chi connectivity index (χ0v) is 13.9. The third kappa shape index (κ3) is 8.15. The first-order valence-electron chi connectivity index (χ1n) is 5.01. The molecule has 0 atom stereocenters. The normalized spacial score (nSPS) is 8.00. The van der Waals surface area contributed by atoms with Gasteiger partial charge in [-0.05, 0) is 29.8 Å². The van der Waals surface area contributed by atoms with Crippen molar-refractivity contribution in [3.63, 3.8) is 0 Å². The molecule has 0 aliphatic rings. The molecule has 20 heavy (non-hydrogen) atoms. The number of carbonyl (C=O) groups excluding carboxylic acids is 1. The average molecular weight is 301 g/mol. The summed E-state index contributed by atoms with van der Waals surface area (Å²) in [6.07, 6.45) is 3.50.